The Kier molecular flexibility index (Phi) is 3.68. The Bertz CT molecular complexity index is 575. The van der Waals surface area contributed by atoms with Gasteiger partial charge in [-0.25, -0.2) is 4.98 Å². The molecule has 96 valence electrons. The summed E-state index contributed by atoms with van der Waals surface area (Å²) < 4.78 is 5.57. The standard InChI is InChI=1S/C14H18N2OS/c1-8-5-9(2)12(13(17-4)10(8)3)14-16-11(6-15)7-18-14/h5,7H,6,15H2,1-4H3. The van der Waals surface area contributed by atoms with Gasteiger partial charge in [0.05, 0.1) is 18.4 Å². The van der Waals surface area contributed by atoms with Crippen molar-refractivity contribution in [2.45, 2.75) is 27.3 Å². The molecule has 2 N–H and O–H groups in total. The number of nitrogens with zero attached hydrogens (tertiary/aromatic N) is 1. The van der Waals surface area contributed by atoms with Crippen molar-refractivity contribution < 1.29 is 4.74 Å². The van der Waals surface area contributed by atoms with E-state index in [2.05, 4.69) is 31.8 Å². The Morgan fingerprint density at radius 1 is 1.28 bits per heavy atom. The molecule has 1 heterocycles. The van der Waals surface area contributed by atoms with Crippen molar-refractivity contribution in [1.29, 1.82) is 0 Å². The van der Waals surface area contributed by atoms with Crippen LogP contribution in [0, 0.1) is 20.8 Å². The number of aromatic nitrogens is 1. The van der Waals surface area contributed by atoms with E-state index in [0.717, 1.165) is 22.0 Å². The summed E-state index contributed by atoms with van der Waals surface area (Å²) >= 11 is 1.61. The highest BCUT2D eigenvalue weighted by molar-refractivity contribution is 7.13. The molecule has 2 rings (SSSR count). The van der Waals surface area contributed by atoms with Crippen molar-refractivity contribution in [2.75, 3.05) is 7.11 Å². The molecule has 0 spiro atoms. The van der Waals surface area contributed by atoms with Crippen LogP contribution in [0.25, 0.3) is 10.6 Å². The molecule has 0 fully saturated rings. The van der Waals surface area contributed by atoms with Gasteiger partial charge in [0.1, 0.15) is 10.8 Å². The molecule has 18 heavy (non-hydrogen) atoms. The molecule has 1 aromatic carbocycles. The minimum atomic E-state index is 0.475. The Morgan fingerprint density at radius 2 is 2.00 bits per heavy atom. The molecule has 3 nitrogen and oxygen atoms in total. The highest BCUT2D eigenvalue weighted by atomic mass is 32.1. The largest absolute Gasteiger partial charge is 0.496 e. The van der Waals surface area contributed by atoms with Crippen LogP contribution in [0.3, 0.4) is 0 Å². The first kappa shape index (κ1) is 13.1. The maximum atomic E-state index is 5.62. The molecule has 0 unspecified atom stereocenters. The van der Waals surface area contributed by atoms with Gasteiger partial charge in [-0.2, -0.15) is 0 Å². The van der Waals surface area contributed by atoms with Gasteiger partial charge >= 0.3 is 0 Å². The molecular weight excluding hydrogens is 244 g/mol. The van der Waals surface area contributed by atoms with Crippen molar-refractivity contribution in [3.05, 3.63) is 33.8 Å². The van der Waals surface area contributed by atoms with Gasteiger partial charge in [0, 0.05) is 11.9 Å². The van der Waals surface area contributed by atoms with E-state index in [1.165, 1.54) is 16.7 Å². The maximum Gasteiger partial charge on any atom is 0.132 e. The highest BCUT2D eigenvalue weighted by Crippen LogP contribution is 2.38. The lowest BCUT2D eigenvalue weighted by Gasteiger charge is -2.14. The molecule has 0 radical (unpaired) electrons. The van der Waals surface area contributed by atoms with Gasteiger partial charge in [0.15, 0.2) is 0 Å². The summed E-state index contributed by atoms with van der Waals surface area (Å²) in [5, 5.41) is 2.98. The van der Waals surface area contributed by atoms with Crippen molar-refractivity contribution >= 4 is 11.3 Å². The number of hydrogen-bond donors (Lipinski definition) is 1. The van der Waals surface area contributed by atoms with Crippen molar-refractivity contribution in [3.63, 3.8) is 0 Å². The second-order valence-electron chi connectivity index (χ2n) is 4.39. The molecule has 0 bridgehead atoms. The number of aryl methyl sites for hydroxylation is 2. The van der Waals surface area contributed by atoms with Crippen LogP contribution in [0.4, 0.5) is 0 Å². The average molecular weight is 262 g/mol. The summed E-state index contributed by atoms with van der Waals surface area (Å²) in [6.07, 6.45) is 0. The quantitative estimate of drug-likeness (QED) is 0.924. The van der Waals surface area contributed by atoms with Crippen molar-refractivity contribution in [3.8, 4) is 16.3 Å². The minimum absolute atomic E-state index is 0.475. The molecule has 2 aromatic rings. The molecular formula is C14H18N2OS. The summed E-state index contributed by atoms with van der Waals surface area (Å²) in [4.78, 5) is 4.55. The summed E-state index contributed by atoms with van der Waals surface area (Å²) in [7, 11) is 1.71. The zero-order valence-corrected chi connectivity index (χ0v) is 12.0. The first-order valence-electron chi connectivity index (χ1n) is 5.88. The third kappa shape index (κ3) is 2.13. The zero-order valence-electron chi connectivity index (χ0n) is 11.2. The van der Waals surface area contributed by atoms with Crippen LogP contribution in [0.5, 0.6) is 5.75 Å². The Balaban J connectivity index is 2.66. The Hall–Kier alpha value is -1.39. The fraction of sp³-hybridized carbons (Fsp3) is 0.357. The summed E-state index contributed by atoms with van der Waals surface area (Å²) in [6.45, 7) is 6.74. The van der Waals surface area contributed by atoms with E-state index >= 15 is 0 Å². The first-order valence-corrected chi connectivity index (χ1v) is 6.76. The van der Waals surface area contributed by atoms with Gasteiger partial charge in [-0.3, -0.25) is 0 Å². The van der Waals surface area contributed by atoms with E-state index < -0.39 is 0 Å². The SMILES string of the molecule is COc1c(C)c(C)cc(C)c1-c1nc(CN)cs1. The van der Waals surface area contributed by atoms with Gasteiger partial charge in [0.25, 0.3) is 0 Å². The van der Waals surface area contributed by atoms with Gasteiger partial charge in [-0.1, -0.05) is 6.07 Å². The second kappa shape index (κ2) is 5.08. The lowest BCUT2D eigenvalue weighted by Crippen LogP contribution is -1.98. The fourth-order valence-electron chi connectivity index (χ4n) is 2.09. The first-order chi connectivity index (χ1) is 8.58. The van der Waals surface area contributed by atoms with Crippen LogP contribution in [0.2, 0.25) is 0 Å². The van der Waals surface area contributed by atoms with Crippen LogP contribution in [-0.2, 0) is 6.54 Å². The summed E-state index contributed by atoms with van der Waals surface area (Å²) in [6, 6.07) is 2.18. The normalized spacial score (nSPS) is 10.7. The molecule has 0 atom stereocenters. The van der Waals surface area contributed by atoms with Gasteiger partial charge in [-0.05, 0) is 37.5 Å². The molecule has 1 aromatic heterocycles. The Labute approximate surface area is 112 Å². The van der Waals surface area contributed by atoms with Gasteiger partial charge < -0.3 is 10.5 Å². The molecule has 0 aliphatic carbocycles. The van der Waals surface area contributed by atoms with Gasteiger partial charge in [0.2, 0.25) is 0 Å². The topological polar surface area (TPSA) is 48.1 Å². The van der Waals surface area contributed by atoms with Crippen LogP contribution < -0.4 is 10.5 Å². The van der Waals surface area contributed by atoms with E-state index in [-0.39, 0.29) is 0 Å². The monoisotopic (exact) mass is 262 g/mol. The molecule has 0 aliphatic rings. The van der Waals surface area contributed by atoms with Crippen LogP contribution in [0.1, 0.15) is 22.4 Å². The number of rotatable bonds is 3. The number of thiazole rings is 1. The predicted octanol–water partition coefficient (Wildman–Crippen LogP) is 3.20. The summed E-state index contributed by atoms with van der Waals surface area (Å²) in [5.41, 5.74) is 11.2. The molecule has 0 saturated heterocycles. The maximum absolute atomic E-state index is 5.62. The fourth-order valence-corrected chi connectivity index (χ4v) is 3.03. The summed E-state index contributed by atoms with van der Waals surface area (Å²) in [5.74, 6) is 0.922. The number of ether oxygens (including phenoxy) is 1. The third-order valence-electron chi connectivity index (χ3n) is 3.17. The van der Waals surface area contributed by atoms with E-state index in [0.29, 0.717) is 6.54 Å². The van der Waals surface area contributed by atoms with E-state index in [1.54, 1.807) is 18.4 Å². The smallest absolute Gasteiger partial charge is 0.132 e. The Morgan fingerprint density at radius 3 is 2.56 bits per heavy atom. The lowest BCUT2D eigenvalue weighted by atomic mass is 9.99. The third-order valence-corrected chi connectivity index (χ3v) is 4.07. The van der Waals surface area contributed by atoms with E-state index in [9.17, 15) is 0 Å². The second-order valence-corrected chi connectivity index (χ2v) is 5.25. The van der Waals surface area contributed by atoms with Crippen molar-refractivity contribution in [1.82, 2.24) is 4.98 Å². The zero-order chi connectivity index (χ0) is 13.3. The molecule has 4 heteroatoms. The predicted molar refractivity (Wildman–Crippen MR) is 76.2 cm³/mol. The number of methoxy groups -OCH3 is 1. The van der Waals surface area contributed by atoms with Crippen LogP contribution >= 0.6 is 11.3 Å². The molecule has 0 aliphatic heterocycles. The van der Waals surface area contributed by atoms with E-state index in [1.807, 2.05) is 5.38 Å². The van der Waals surface area contributed by atoms with Crippen LogP contribution in [0.15, 0.2) is 11.4 Å². The lowest BCUT2D eigenvalue weighted by molar-refractivity contribution is 0.412. The van der Waals surface area contributed by atoms with Crippen molar-refractivity contribution in [2.24, 2.45) is 5.73 Å². The van der Waals surface area contributed by atoms with Gasteiger partial charge in [-0.15, -0.1) is 11.3 Å². The highest BCUT2D eigenvalue weighted by Gasteiger charge is 2.16. The van der Waals surface area contributed by atoms with E-state index in [4.69, 9.17) is 10.5 Å². The average Bonchev–Trinajstić information content (AvgIpc) is 2.81. The van der Waals surface area contributed by atoms with Crippen LogP contribution in [-0.4, -0.2) is 12.1 Å². The minimum Gasteiger partial charge on any atom is -0.496 e. The number of benzene rings is 1. The number of hydrogen-bond acceptors (Lipinski definition) is 4. The molecule has 0 amide bonds. The molecule has 0 saturated carbocycles. The number of nitrogens with two attached hydrogens (primary N) is 1.